The lowest BCUT2D eigenvalue weighted by Gasteiger charge is -2.06. The van der Waals surface area contributed by atoms with Gasteiger partial charge in [-0.05, 0) is 48.4 Å². The standard InChI is InChI=1S/C16H18N2O2/c17-16(20)14-5-1-13(2-6-14)11-18-10-9-12-3-7-15(19)8-4-12/h1-8,18-19H,9-11H2,(H2,17,20). The van der Waals surface area contributed by atoms with Crippen LogP contribution < -0.4 is 11.1 Å². The Bertz CT molecular complexity index is 562. The molecular weight excluding hydrogens is 252 g/mol. The molecule has 0 unspecified atom stereocenters. The maximum Gasteiger partial charge on any atom is 0.248 e. The number of phenols is 1. The number of rotatable bonds is 6. The van der Waals surface area contributed by atoms with Crippen LogP contribution in [0.1, 0.15) is 21.5 Å². The van der Waals surface area contributed by atoms with Crippen molar-refractivity contribution in [2.24, 2.45) is 5.73 Å². The number of primary amides is 1. The zero-order valence-corrected chi connectivity index (χ0v) is 11.2. The number of nitrogens with one attached hydrogen (secondary N) is 1. The molecule has 20 heavy (non-hydrogen) atoms. The van der Waals surface area contributed by atoms with E-state index in [1.807, 2.05) is 24.3 Å². The van der Waals surface area contributed by atoms with E-state index in [1.165, 1.54) is 5.56 Å². The van der Waals surface area contributed by atoms with Crippen LogP contribution in [0.2, 0.25) is 0 Å². The number of carbonyl (C=O) groups is 1. The van der Waals surface area contributed by atoms with Gasteiger partial charge in [0.25, 0.3) is 0 Å². The van der Waals surface area contributed by atoms with Crippen molar-refractivity contribution in [3.8, 4) is 5.75 Å². The molecule has 2 rings (SSSR count). The molecule has 4 heteroatoms. The van der Waals surface area contributed by atoms with Gasteiger partial charge in [-0.3, -0.25) is 4.79 Å². The van der Waals surface area contributed by atoms with Crippen LogP contribution in [-0.2, 0) is 13.0 Å². The van der Waals surface area contributed by atoms with E-state index in [4.69, 9.17) is 5.73 Å². The molecule has 2 aromatic rings. The van der Waals surface area contributed by atoms with Gasteiger partial charge in [0.1, 0.15) is 5.75 Å². The lowest BCUT2D eigenvalue weighted by Crippen LogP contribution is -2.17. The average Bonchev–Trinajstić information content (AvgIpc) is 2.46. The fourth-order valence-corrected chi connectivity index (χ4v) is 1.91. The van der Waals surface area contributed by atoms with E-state index in [-0.39, 0.29) is 5.75 Å². The SMILES string of the molecule is NC(=O)c1ccc(CNCCc2ccc(O)cc2)cc1. The molecule has 4 nitrogen and oxygen atoms in total. The molecule has 1 amide bonds. The third-order valence-corrected chi connectivity index (χ3v) is 3.09. The van der Waals surface area contributed by atoms with E-state index in [2.05, 4.69) is 5.32 Å². The van der Waals surface area contributed by atoms with Gasteiger partial charge in [-0.2, -0.15) is 0 Å². The minimum absolute atomic E-state index is 0.288. The zero-order valence-electron chi connectivity index (χ0n) is 11.2. The zero-order chi connectivity index (χ0) is 14.4. The predicted molar refractivity (Wildman–Crippen MR) is 78.5 cm³/mol. The first kappa shape index (κ1) is 14.1. The summed E-state index contributed by atoms with van der Waals surface area (Å²) in [4.78, 5) is 10.9. The summed E-state index contributed by atoms with van der Waals surface area (Å²) in [6.07, 6.45) is 0.902. The summed E-state index contributed by atoms with van der Waals surface area (Å²) in [6.45, 7) is 1.60. The van der Waals surface area contributed by atoms with Crippen molar-refractivity contribution in [2.45, 2.75) is 13.0 Å². The summed E-state index contributed by atoms with van der Waals surface area (Å²) in [5, 5.41) is 12.5. The number of aromatic hydroxyl groups is 1. The molecular formula is C16H18N2O2. The molecule has 0 atom stereocenters. The Morgan fingerprint density at radius 2 is 1.60 bits per heavy atom. The summed E-state index contributed by atoms with van der Waals surface area (Å²) in [5.74, 6) is -0.118. The Hall–Kier alpha value is -2.33. The molecule has 0 aliphatic rings. The minimum Gasteiger partial charge on any atom is -0.508 e. The normalized spacial score (nSPS) is 10.4. The first-order valence-electron chi connectivity index (χ1n) is 6.52. The number of carbonyl (C=O) groups excluding carboxylic acids is 1. The quantitative estimate of drug-likeness (QED) is 0.701. The van der Waals surface area contributed by atoms with Crippen LogP contribution >= 0.6 is 0 Å². The van der Waals surface area contributed by atoms with Gasteiger partial charge < -0.3 is 16.2 Å². The van der Waals surface area contributed by atoms with Gasteiger partial charge in [0.15, 0.2) is 0 Å². The Morgan fingerprint density at radius 1 is 1.00 bits per heavy atom. The van der Waals surface area contributed by atoms with E-state index < -0.39 is 5.91 Å². The summed E-state index contributed by atoms with van der Waals surface area (Å²) in [6, 6.07) is 14.5. The van der Waals surface area contributed by atoms with Crippen LogP contribution in [0.15, 0.2) is 48.5 Å². The average molecular weight is 270 g/mol. The first-order valence-corrected chi connectivity index (χ1v) is 6.52. The van der Waals surface area contributed by atoms with Crippen LogP contribution in [0, 0.1) is 0 Å². The number of amides is 1. The monoisotopic (exact) mass is 270 g/mol. The predicted octanol–water partition coefficient (Wildman–Crippen LogP) is 1.82. The van der Waals surface area contributed by atoms with Crippen molar-refractivity contribution >= 4 is 5.91 Å². The largest absolute Gasteiger partial charge is 0.508 e. The van der Waals surface area contributed by atoms with Gasteiger partial charge in [0.2, 0.25) is 5.91 Å². The molecule has 0 aliphatic carbocycles. The maximum atomic E-state index is 10.9. The highest BCUT2D eigenvalue weighted by atomic mass is 16.3. The first-order chi connectivity index (χ1) is 9.65. The molecule has 0 fully saturated rings. The van der Waals surface area contributed by atoms with E-state index >= 15 is 0 Å². The third kappa shape index (κ3) is 4.10. The summed E-state index contributed by atoms with van der Waals surface area (Å²) >= 11 is 0. The van der Waals surface area contributed by atoms with Crippen molar-refractivity contribution < 1.29 is 9.90 Å². The van der Waals surface area contributed by atoms with Crippen molar-refractivity contribution in [1.82, 2.24) is 5.32 Å². The summed E-state index contributed by atoms with van der Waals surface area (Å²) in [5.41, 5.74) is 8.01. The van der Waals surface area contributed by atoms with Crippen molar-refractivity contribution in [3.63, 3.8) is 0 Å². The molecule has 0 spiro atoms. The Balaban J connectivity index is 1.75. The van der Waals surface area contributed by atoms with Gasteiger partial charge in [-0.15, -0.1) is 0 Å². The molecule has 2 aromatic carbocycles. The van der Waals surface area contributed by atoms with E-state index in [1.54, 1.807) is 24.3 Å². The van der Waals surface area contributed by atoms with E-state index in [0.29, 0.717) is 5.56 Å². The van der Waals surface area contributed by atoms with Gasteiger partial charge in [0, 0.05) is 12.1 Å². The number of benzene rings is 2. The van der Waals surface area contributed by atoms with Crippen LogP contribution in [0.5, 0.6) is 5.75 Å². The van der Waals surface area contributed by atoms with Gasteiger partial charge in [-0.1, -0.05) is 24.3 Å². The van der Waals surface area contributed by atoms with Crippen molar-refractivity contribution in [2.75, 3.05) is 6.54 Å². The highest BCUT2D eigenvalue weighted by molar-refractivity contribution is 5.92. The molecule has 0 aromatic heterocycles. The lowest BCUT2D eigenvalue weighted by atomic mass is 10.1. The second-order valence-corrected chi connectivity index (χ2v) is 4.65. The third-order valence-electron chi connectivity index (χ3n) is 3.09. The number of nitrogens with two attached hydrogens (primary N) is 1. The topological polar surface area (TPSA) is 75.4 Å². The fraction of sp³-hybridized carbons (Fsp3) is 0.188. The molecule has 4 N–H and O–H groups in total. The summed E-state index contributed by atoms with van der Waals surface area (Å²) in [7, 11) is 0. The van der Waals surface area contributed by atoms with E-state index in [0.717, 1.165) is 25.1 Å². The lowest BCUT2D eigenvalue weighted by molar-refractivity contribution is 0.100. The Labute approximate surface area is 118 Å². The Morgan fingerprint density at radius 3 is 2.20 bits per heavy atom. The molecule has 0 bridgehead atoms. The molecule has 0 radical (unpaired) electrons. The van der Waals surface area contributed by atoms with Crippen LogP contribution in [-0.4, -0.2) is 17.6 Å². The van der Waals surface area contributed by atoms with Crippen LogP contribution in [0.3, 0.4) is 0 Å². The van der Waals surface area contributed by atoms with Crippen LogP contribution in [0.25, 0.3) is 0 Å². The fourth-order valence-electron chi connectivity index (χ4n) is 1.91. The molecule has 0 aliphatic heterocycles. The summed E-state index contributed by atoms with van der Waals surface area (Å²) < 4.78 is 0. The molecule has 0 heterocycles. The highest BCUT2D eigenvalue weighted by Gasteiger charge is 1.99. The van der Waals surface area contributed by atoms with Crippen molar-refractivity contribution in [1.29, 1.82) is 0 Å². The number of hydrogen-bond acceptors (Lipinski definition) is 3. The minimum atomic E-state index is -0.406. The molecule has 0 saturated carbocycles. The molecule has 104 valence electrons. The molecule has 0 saturated heterocycles. The number of hydrogen-bond donors (Lipinski definition) is 3. The van der Waals surface area contributed by atoms with Gasteiger partial charge in [0.05, 0.1) is 0 Å². The van der Waals surface area contributed by atoms with Crippen LogP contribution in [0.4, 0.5) is 0 Å². The number of phenolic OH excluding ortho intramolecular Hbond substituents is 1. The van der Waals surface area contributed by atoms with Gasteiger partial charge >= 0.3 is 0 Å². The second kappa shape index (κ2) is 6.73. The van der Waals surface area contributed by atoms with Gasteiger partial charge in [-0.25, -0.2) is 0 Å². The highest BCUT2D eigenvalue weighted by Crippen LogP contribution is 2.09. The second-order valence-electron chi connectivity index (χ2n) is 4.65. The van der Waals surface area contributed by atoms with E-state index in [9.17, 15) is 9.90 Å². The Kier molecular flexibility index (Phi) is 4.74. The maximum absolute atomic E-state index is 10.9. The smallest absolute Gasteiger partial charge is 0.248 e. The van der Waals surface area contributed by atoms with Crippen molar-refractivity contribution in [3.05, 3.63) is 65.2 Å².